The van der Waals surface area contributed by atoms with Gasteiger partial charge in [-0.05, 0) is 18.4 Å². The Morgan fingerprint density at radius 2 is 2.42 bits per heavy atom. The van der Waals surface area contributed by atoms with Gasteiger partial charge in [0.1, 0.15) is 0 Å². The molecule has 1 aromatic heterocycles. The van der Waals surface area contributed by atoms with E-state index in [2.05, 4.69) is 23.6 Å². The number of nitrogens with zero attached hydrogens (tertiary/aromatic N) is 2. The van der Waals surface area contributed by atoms with Gasteiger partial charge in [0, 0.05) is 12.2 Å². The second kappa shape index (κ2) is 2.59. The Morgan fingerprint density at radius 1 is 1.67 bits per heavy atom. The molecule has 66 valence electrons. The fraction of sp³-hybridized carbons (Fsp3) is 0.667. The van der Waals surface area contributed by atoms with Gasteiger partial charge >= 0.3 is 0 Å². The molecule has 3 nitrogen and oxygen atoms in total. The Labute approximate surface area is 72.6 Å². The average Bonchev–Trinajstić information content (AvgIpc) is 2.53. The monoisotopic (exact) mass is 165 g/mol. The summed E-state index contributed by atoms with van der Waals surface area (Å²) in [4.78, 5) is 0. The van der Waals surface area contributed by atoms with E-state index < -0.39 is 0 Å². The van der Waals surface area contributed by atoms with Crippen molar-refractivity contribution >= 4 is 0 Å². The SMILES string of the molecule is CC(C)[C@H]1C[C@@H](N)c2ccnn21. The first-order valence-electron chi connectivity index (χ1n) is 4.49. The topological polar surface area (TPSA) is 43.8 Å². The average molecular weight is 165 g/mol. The Hall–Kier alpha value is -0.830. The summed E-state index contributed by atoms with van der Waals surface area (Å²) in [5.41, 5.74) is 7.15. The molecule has 0 amide bonds. The zero-order chi connectivity index (χ0) is 8.72. The largest absolute Gasteiger partial charge is 0.323 e. The molecule has 2 rings (SSSR count). The summed E-state index contributed by atoms with van der Waals surface area (Å²) >= 11 is 0. The van der Waals surface area contributed by atoms with Crippen LogP contribution in [0.4, 0.5) is 0 Å². The lowest BCUT2D eigenvalue weighted by Gasteiger charge is -2.15. The van der Waals surface area contributed by atoms with Crippen LogP contribution in [0.5, 0.6) is 0 Å². The third-order valence-corrected chi connectivity index (χ3v) is 2.66. The van der Waals surface area contributed by atoms with Crippen LogP contribution >= 0.6 is 0 Å². The molecule has 0 saturated heterocycles. The molecule has 1 aromatic rings. The van der Waals surface area contributed by atoms with Gasteiger partial charge in [0.25, 0.3) is 0 Å². The van der Waals surface area contributed by atoms with Crippen LogP contribution in [0.15, 0.2) is 12.3 Å². The van der Waals surface area contributed by atoms with Gasteiger partial charge in [-0.15, -0.1) is 0 Å². The standard InChI is InChI=1S/C9H15N3/c1-6(2)9-5-7(10)8-3-4-11-12(8)9/h3-4,6-7,9H,5,10H2,1-2H3/t7-,9-/m1/s1. The van der Waals surface area contributed by atoms with E-state index in [1.807, 2.05) is 12.3 Å². The fourth-order valence-corrected chi connectivity index (χ4v) is 1.93. The molecule has 0 aliphatic carbocycles. The summed E-state index contributed by atoms with van der Waals surface area (Å²) in [6, 6.07) is 2.72. The van der Waals surface area contributed by atoms with Gasteiger partial charge in [0.05, 0.1) is 11.7 Å². The second-order valence-corrected chi connectivity index (χ2v) is 3.85. The normalized spacial score (nSPS) is 28.0. The molecular weight excluding hydrogens is 150 g/mol. The summed E-state index contributed by atoms with van der Waals surface area (Å²) in [5, 5.41) is 4.29. The molecule has 0 aromatic carbocycles. The molecule has 2 N–H and O–H groups in total. The third-order valence-electron chi connectivity index (χ3n) is 2.66. The summed E-state index contributed by atoms with van der Waals surface area (Å²) in [6.45, 7) is 4.43. The molecule has 0 unspecified atom stereocenters. The van der Waals surface area contributed by atoms with E-state index in [-0.39, 0.29) is 6.04 Å². The molecule has 0 bridgehead atoms. The molecule has 1 aliphatic heterocycles. The molecule has 1 aliphatic rings. The van der Waals surface area contributed by atoms with E-state index in [4.69, 9.17) is 5.73 Å². The van der Waals surface area contributed by atoms with Gasteiger partial charge < -0.3 is 5.73 Å². The van der Waals surface area contributed by atoms with E-state index >= 15 is 0 Å². The highest BCUT2D eigenvalue weighted by Gasteiger charge is 2.30. The van der Waals surface area contributed by atoms with Crippen molar-refractivity contribution in [2.75, 3.05) is 0 Å². The van der Waals surface area contributed by atoms with E-state index in [0.29, 0.717) is 12.0 Å². The molecular formula is C9H15N3. The molecule has 3 heteroatoms. The van der Waals surface area contributed by atoms with Crippen molar-refractivity contribution in [3.8, 4) is 0 Å². The van der Waals surface area contributed by atoms with Crippen molar-refractivity contribution < 1.29 is 0 Å². The highest BCUT2D eigenvalue weighted by Crippen LogP contribution is 2.35. The molecule has 0 radical (unpaired) electrons. The maximum atomic E-state index is 5.96. The lowest BCUT2D eigenvalue weighted by Crippen LogP contribution is -2.12. The number of nitrogens with two attached hydrogens (primary N) is 1. The van der Waals surface area contributed by atoms with Crippen LogP contribution in [0.25, 0.3) is 0 Å². The molecule has 0 saturated carbocycles. The minimum absolute atomic E-state index is 0.194. The van der Waals surface area contributed by atoms with Crippen molar-refractivity contribution in [1.82, 2.24) is 9.78 Å². The molecule has 2 heterocycles. The Balaban J connectivity index is 2.35. The van der Waals surface area contributed by atoms with Crippen LogP contribution in [0, 0.1) is 5.92 Å². The summed E-state index contributed by atoms with van der Waals surface area (Å²) in [5.74, 6) is 0.622. The second-order valence-electron chi connectivity index (χ2n) is 3.85. The van der Waals surface area contributed by atoms with Crippen LogP contribution < -0.4 is 5.73 Å². The Morgan fingerprint density at radius 3 is 3.08 bits per heavy atom. The molecule has 0 fully saturated rings. The molecule has 0 spiro atoms. The number of fused-ring (bicyclic) bond motifs is 1. The zero-order valence-corrected chi connectivity index (χ0v) is 7.57. The predicted octanol–water partition coefficient (Wildman–Crippen LogP) is 1.48. The zero-order valence-electron chi connectivity index (χ0n) is 7.57. The molecule has 12 heavy (non-hydrogen) atoms. The minimum atomic E-state index is 0.194. The van der Waals surface area contributed by atoms with Gasteiger partial charge in [-0.2, -0.15) is 5.10 Å². The lowest BCUT2D eigenvalue weighted by atomic mass is 10.0. The van der Waals surface area contributed by atoms with Gasteiger partial charge in [-0.25, -0.2) is 0 Å². The van der Waals surface area contributed by atoms with Crippen molar-refractivity contribution in [2.24, 2.45) is 11.7 Å². The predicted molar refractivity (Wildman–Crippen MR) is 47.6 cm³/mol. The van der Waals surface area contributed by atoms with Crippen molar-refractivity contribution in [2.45, 2.75) is 32.4 Å². The Kier molecular flexibility index (Phi) is 1.68. The number of hydrogen-bond acceptors (Lipinski definition) is 2. The van der Waals surface area contributed by atoms with Gasteiger partial charge in [-0.1, -0.05) is 13.8 Å². The summed E-state index contributed by atoms with van der Waals surface area (Å²) < 4.78 is 2.08. The van der Waals surface area contributed by atoms with Gasteiger partial charge in [-0.3, -0.25) is 4.68 Å². The van der Waals surface area contributed by atoms with Crippen molar-refractivity contribution in [3.63, 3.8) is 0 Å². The lowest BCUT2D eigenvalue weighted by molar-refractivity contribution is 0.356. The smallest absolute Gasteiger partial charge is 0.0564 e. The fourth-order valence-electron chi connectivity index (χ4n) is 1.93. The first-order valence-corrected chi connectivity index (χ1v) is 4.49. The van der Waals surface area contributed by atoms with Crippen LogP contribution in [-0.2, 0) is 0 Å². The van der Waals surface area contributed by atoms with Crippen molar-refractivity contribution in [3.05, 3.63) is 18.0 Å². The van der Waals surface area contributed by atoms with Gasteiger partial charge in [0.2, 0.25) is 0 Å². The number of rotatable bonds is 1. The van der Waals surface area contributed by atoms with Crippen LogP contribution in [0.3, 0.4) is 0 Å². The summed E-state index contributed by atoms with van der Waals surface area (Å²) in [7, 11) is 0. The maximum absolute atomic E-state index is 5.96. The summed E-state index contributed by atoms with van der Waals surface area (Å²) in [6.07, 6.45) is 2.88. The highest BCUT2D eigenvalue weighted by molar-refractivity contribution is 5.12. The quantitative estimate of drug-likeness (QED) is 0.685. The third kappa shape index (κ3) is 0.966. The minimum Gasteiger partial charge on any atom is -0.323 e. The van der Waals surface area contributed by atoms with Crippen LogP contribution in [0.2, 0.25) is 0 Å². The maximum Gasteiger partial charge on any atom is 0.0564 e. The van der Waals surface area contributed by atoms with Gasteiger partial charge in [0.15, 0.2) is 0 Å². The van der Waals surface area contributed by atoms with E-state index in [9.17, 15) is 0 Å². The first kappa shape index (κ1) is 7.80. The number of hydrogen-bond donors (Lipinski definition) is 1. The first-order chi connectivity index (χ1) is 5.70. The van der Waals surface area contributed by atoms with E-state index in [0.717, 1.165) is 6.42 Å². The molecule has 2 atom stereocenters. The Bertz CT molecular complexity index is 277. The van der Waals surface area contributed by atoms with Crippen LogP contribution in [0.1, 0.15) is 38.0 Å². The highest BCUT2D eigenvalue weighted by atomic mass is 15.3. The van der Waals surface area contributed by atoms with Crippen LogP contribution in [-0.4, -0.2) is 9.78 Å². The van der Waals surface area contributed by atoms with E-state index in [1.165, 1.54) is 5.69 Å². The van der Waals surface area contributed by atoms with E-state index in [1.54, 1.807) is 0 Å². The van der Waals surface area contributed by atoms with Crippen molar-refractivity contribution in [1.29, 1.82) is 0 Å². The number of aromatic nitrogens is 2.